The van der Waals surface area contributed by atoms with E-state index in [1.807, 2.05) is 72.5 Å². The first-order chi connectivity index (χ1) is 18.7. The van der Waals surface area contributed by atoms with Gasteiger partial charge in [0.1, 0.15) is 5.41 Å². The molecule has 0 spiro atoms. The summed E-state index contributed by atoms with van der Waals surface area (Å²) in [6.45, 7) is 8.17. The van der Waals surface area contributed by atoms with Gasteiger partial charge in [-0.2, -0.15) is 0 Å². The number of thiazole rings is 1. The average Bonchev–Trinajstić information content (AvgIpc) is 3.44. The predicted octanol–water partition coefficient (Wildman–Crippen LogP) is 4.52. The lowest BCUT2D eigenvalue weighted by atomic mass is 9.90. The minimum atomic E-state index is -1.15. The van der Waals surface area contributed by atoms with Crippen molar-refractivity contribution in [2.24, 2.45) is 5.41 Å². The van der Waals surface area contributed by atoms with E-state index in [9.17, 15) is 14.4 Å². The molecule has 8 nitrogen and oxygen atoms in total. The van der Waals surface area contributed by atoms with Crippen molar-refractivity contribution in [2.75, 3.05) is 29.9 Å². The number of pyridine rings is 1. The van der Waals surface area contributed by atoms with Crippen LogP contribution in [0.25, 0.3) is 10.8 Å². The van der Waals surface area contributed by atoms with Gasteiger partial charge in [-0.25, -0.2) is 4.98 Å². The van der Waals surface area contributed by atoms with E-state index in [-0.39, 0.29) is 17.4 Å². The van der Waals surface area contributed by atoms with Gasteiger partial charge in [0, 0.05) is 56.7 Å². The highest BCUT2D eigenvalue weighted by Crippen LogP contribution is 2.39. The van der Waals surface area contributed by atoms with Gasteiger partial charge < -0.3 is 14.4 Å². The normalized spacial score (nSPS) is 15.2. The molecule has 202 valence electrons. The van der Waals surface area contributed by atoms with Gasteiger partial charge in [-0.1, -0.05) is 24.3 Å². The lowest BCUT2D eigenvalue weighted by Crippen LogP contribution is -2.47. The van der Waals surface area contributed by atoms with Gasteiger partial charge in [-0.15, -0.1) is 11.3 Å². The lowest BCUT2D eigenvalue weighted by molar-refractivity contribution is -0.137. The number of carbonyl (C=O) groups is 2. The number of amides is 2. The average molecular weight is 544 g/mol. The Morgan fingerprint density at radius 3 is 2.51 bits per heavy atom. The topological polar surface area (TPSA) is 78.8 Å². The number of rotatable bonds is 8. The van der Waals surface area contributed by atoms with Crippen LogP contribution in [-0.2, 0) is 29.2 Å². The number of carbonyl (C=O) groups excluding carboxylic acids is 2. The maximum absolute atomic E-state index is 13.3. The highest BCUT2D eigenvalue weighted by molar-refractivity contribution is 7.07. The van der Waals surface area contributed by atoms with Crippen molar-refractivity contribution in [3.05, 3.63) is 87.2 Å². The van der Waals surface area contributed by atoms with E-state index in [0.29, 0.717) is 38.1 Å². The second kappa shape index (κ2) is 10.7. The number of benzene rings is 2. The van der Waals surface area contributed by atoms with E-state index in [1.165, 1.54) is 0 Å². The molecule has 2 aromatic heterocycles. The fourth-order valence-electron chi connectivity index (χ4n) is 5.22. The van der Waals surface area contributed by atoms with Crippen molar-refractivity contribution in [3.63, 3.8) is 0 Å². The fraction of sp³-hybridized carbons (Fsp3) is 0.333. The summed E-state index contributed by atoms with van der Waals surface area (Å²) in [7, 11) is 1.73. The Hall–Kier alpha value is -3.82. The molecule has 1 aliphatic heterocycles. The van der Waals surface area contributed by atoms with Crippen molar-refractivity contribution < 1.29 is 9.59 Å². The smallest absolute Gasteiger partial charge is 0.258 e. The van der Waals surface area contributed by atoms with Gasteiger partial charge in [0.15, 0.2) is 0 Å². The lowest BCUT2D eigenvalue weighted by Gasteiger charge is -2.27. The standard InChI is InChI=1S/C30H33N5O3S/c1-5-35-25-11-10-21(16-26(25)32(4)28(37)30(2,3)29(35)38)17-33(18-23-19-39-20-31-23)14-15-34-13-12-22-8-6-7-9-24(22)27(34)36/h6-13,16,19-20H,5,14-15,17-18H2,1-4H3. The van der Waals surface area contributed by atoms with Crippen LogP contribution in [0.5, 0.6) is 0 Å². The molecule has 2 amide bonds. The summed E-state index contributed by atoms with van der Waals surface area (Å²) in [6.07, 6.45) is 1.85. The Kier molecular flexibility index (Phi) is 7.38. The van der Waals surface area contributed by atoms with Crippen molar-refractivity contribution >= 4 is 45.3 Å². The van der Waals surface area contributed by atoms with Crippen LogP contribution in [0.2, 0.25) is 0 Å². The molecule has 0 saturated carbocycles. The molecular formula is C30H33N5O3S. The van der Waals surface area contributed by atoms with Crippen LogP contribution < -0.4 is 15.4 Å². The molecule has 0 radical (unpaired) electrons. The summed E-state index contributed by atoms with van der Waals surface area (Å²) in [4.78, 5) is 49.6. The van der Waals surface area contributed by atoms with E-state index in [4.69, 9.17) is 0 Å². The highest BCUT2D eigenvalue weighted by Gasteiger charge is 2.45. The predicted molar refractivity (Wildman–Crippen MR) is 156 cm³/mol. The van der Waals surface area contributed by atoms with Crippen molar-refractivity contribution in [1.82, 2.24) is 14.5 Å². The fourth-order valence-corrected chi connectivity index (χ4v) is 5.77. The zero-order valence-corrected chi connectivity index (χ0v) is 23.6. The summed E-state index contributed by atoms with van der Waals surface area (Å²) >= 11 is 1.56. The molecule has 0 N–H and O–H groups in total. The van der Waals surface area contributed by atoms with E-state index in [0.717, 1.165) is 28.0 Å². The van der Waals surface area contributed by atoms with Crippen LogP contribution >= 0.6 is 11.3 Å². The zero-order chi connectivity index (χ0) is 27.7. The van der Waals surface area contributed by atoms with Crippen LogP contribution in [0, 0.1) is 5.41 Å². The van der Waals surface area contributed by atoms with Crippen molar-refractivity contribution in [1.29, 1.82) is 0 Å². The second-order valence-corrected chi connectivity index (χ2v) is 11.2. The van der Waals surface area contributed by atoms with Crippen LogP contribution in [0.1, 0.15) is 32.0 Å². The maximum Gasteiger partial charge on any atom is 0.258 e. The van der Waals surface area contributed by atoms with Crippen LogP contribution in [0.3, 0.4) is 0 Å². The summed E-state index contributed by atoms with van der Waals surface area (Å²) in [5.74, 6) is -0.420. The van der Waals surface area contributed by atoms with Gasteiger partial charge in [0.05, 0.1) is 22.6 Å². The largest absolute Gasteiger partial charge is 0.314 e. The summed E-state index contributed by atoms with van der Waals surface area (Å²) in [5.41, 5.74) is 4.11. The number of aromatic nitrogens is 2. The van der Waals surface area contributed by atoms with Gasteiger partial charge in [-0.05, 0) is 56.0 Å². The van der Waals surface area contributed by atoms with Gasteiger partial charge in [-0.3, -0.25) is 19.3 Å². The van der Waals surface area contributed by atoms with Gasteiger partial charge in [0.25, 0.3) is 5.56 Å². The Bertz CT molecular complexity index is 1580. The van der Waals surface area contributed by atoms with Gasteiger partial charge in [0.2, 0.25) is 11.8 Å². The molecule has 39 heavy (non-hydrogen) atoms. The number of fused-ring (bicyclic) bond motifs is 2. The molecule has 0 bridgehead atoms. The molecule has 0 aliphatic carbocycles. The third-order valence-corrected chi connectivity index (χ3v) is 8.08. The molecule has 0 fully saturated rings. The molecule has 0 unspecified atom stereocenters. The second-order valence-electron chi connectivity index (χ2n) is 10.5. The molecule has 0 atom stereocenters. The third-order valence-electron chi connectivity index (χ3n) is 7.45. The third kappa shape index (κ3) is 5.12. The SMILES string of the molecule is CCN1C(=O)C(C)(C)C(=O)N(C)c2cc(CN(CCn3ccc4ccccc4c3=O)Cc3cscn3)ccc21. The minimum absolute atomic E-state index is 0.00110. The number of nitrogens with zero attached hydrogens (tertiary/aromatic N) is 5. The maximum atomic E-state index is 13.3. The molecule has 0 saturated heterocycles. The number of hydrogen-bond donors (Lipinski definition) is 0. The Morgan fingerprint density at radius 2 is 1.77 bits per heavy atom. The first-order valence-electron chi connectivity index (χ1n) is 13.1. The summed E-state index contributed by atoms with van der Waals surface area (Å²) in [5, 5.41) is 3.68. The summed E-state index contributed by atoms with van der Waals surface area (Å²) < 4.78 is 1.76. The van der Waals surface area contributed by atoms with Crippen molar-refractivity contribution in [2.45, 2.75) is 40.4 Å². The van der Waals surface area contributed by atoms with Gasteiger partial charge >= 0.3 is 0 Å². The first-order valence-corrected chi connectivity index (χ1v) is 14.1. The Balaban J connectivity index is 1.43. The Labute approximate surface area is 232 Å². The van der Waals surface area contributed by atoms with E-state index >= 15 is 0 Å². The quantitative estimate of drug-likeness (QED) is 0.306. The molecule has 5 rings (SSSR count). The zero-order valence-electron chi connectivity index (χ0n) is 22.8. The highest BCUT2D eigenvalue weighted by atomic mass is 32.1. The van der Waals surface area contributed by atoms with Crippen LogP contribution in [0.15, 0.2) is 70.4 Å². The molecule has 4 aromatic rings. The number of hydrogen-bond acceptors (Lipinski definition) is 6. The van der Waals surface area contributed by atoms with Crippen LogP contribution in [0.4, 0.5) is 11.4 Å². The molecule has 1 aliphatic rings. The molecule has 9 heteroatoms. The number of anilines is 2. The summed E-state index contributed by atoms with van der Waals surface area (Å²) in [6, 6.07) is 15.6. The molecular weight excluding hydrogens is 510 g/mol. The van der Waals surface area contributed by atoms with E-state index in [2.05, 4.69) is 9.88 Å². The first kappa shape index (κ1) is 26.8. The molecule has 2 aromatic carbocycles. The van der Waals surface area contributed by atoms with Crippen molar-refractivity contribution in [3.8, 4) is 0 Å². The molecule has 3 heterocycles. The Morgan fingerprint density at radius 1 is 0.974 bits per heavy atom. The van der Waals surface area contributed by atoms with Crippen LogP contribution in [-0.4, -0.2) is 46.4 Å². The minimum Gasteiger partial charge on any atom is -0.314 e. The monoisotopic (exact) mass is 543 g/mol. The van der Waals surface area contributed by atoms with E-state index in [1.54, 1.807) is 46.6 Å². The van der Waals surface area contributed by atoms with E-state index < -0.39 is 5.41 Å².